The van der Waals surface area contributed by atoms with Crippen LogP contribution in [0.5, 0.6) is 0 Å². The molecule has 5 nitrogen and oxygen atoms in total. The van der Waals surface area contributed by atoms with Gasteiger partial charge in [0, 0.05) is 33.4 Å². The predicted octanol–water partition coefficient (Wildman–Crippen LogP) is 2.60. The fourth-order valence-electron chi connectivity index (χ4n) is 3.07. The van der Waals surface area contributed by atoms with Gasteiger partial charge in [0.1, 0.15) is 6.04 Å². The number of carbonyl (C=O) groups excluding carboxylic acids is 1. The van der Waals surface area contributed by atoms with E-state index >= 15 is 0 Å². The molecule has 0 saturated heterocycles. The van der Waals surface area contributed by atoms with E-state index < -0.39 is 0 Å². The van der Waals surface area contributed by atoms with Gasteiger partial charge < -0.3 is 14.7 Å². The minimum absolute atomic E-state index is 0.141. The number of anilines is 1. The lowest BCUT2D eigenvalue weighted by Gasteiger charge is -2.23. The second kappa shape index (κ2) is 8.71. The van der Waals surface area contributed by atoms with Crippen LogP contribution in [-0.4, -0.2) is 50.5 Å². The van der Waals surface area contributed by atoms with Crippen molar-refractivity contribution in [2.75, 3.05) is 39.6 Å². The van der Waals surface area contributed by atoms with Crippen LogP contribution in [0.15, 0.2) is 48.5 Å². The van der Waals surface area contributed by atoms with Crippen LogP contribution >= 0.6 is 11.3 Å². The summed E-state index contributed by atoms with van der Waals surface area (Å²) in [5, 5.41) is 1.08. The molecule has 1 N–H and O–H groups in total. The predicted molar refractivity (Wildman–Crippen MR) is 117 cm³/mol. The molecule has 28 heavy (non-hydrogen) atoms. The molecule has 0 aliphatic heterocycles. The standard InChI is InChI=1S/C22H28N4OS/c1-16(22-23-19-8-6-7-9-20(19)28-22)25(4)15-21(27)26(5)14-17-10-12-18(13-11-17)24(2)3/h6-13,16H,14-15H2,1-5H3/p+1/t16-/m1/s1. The topological polar surface area (TPSA) is 40.9 Å². The monoisotopic (exact) mass is 397 g/mol. The summed E-state index contributed by atoms with van der Waals surface area (Å²) in [5.41, 5.74) is 3.33. The first kappa shape index (κ1) is 20.3. The zero-order chi connectivity index (χ0) is 20.3. The highest BCUT2D eigenvalue weighted by molar-refractivity contribution is 7.18. The second-order valence-electron chi connectivity index (χ2n) is 7.58. The van der Waals surface area contributed by atoms with Gasteiger partial charge in [-0.2, -0.15) is 0 Å². The fraction of sp³-hybridized carbons (Fsp3) is 0.364. The molecule has 6 heteroatoms. The summed E-state index contributed by atoms with van der Waals surface area (Å²) in [4.78, 5) is 22.5. The molecule has 0 fully saturated rings. The van der Waals surface area contributed by atoms with Crippen molar-refractivity contribution in [2.45, 2.75) is 19.5 Å². The average Bonchev–Trinajstić information content (AvgIpc) is 3.11. The van der Waals surface area contributed by atoms with E-state index in [1.165, 1.54) is 4.70 Å². The van der Waals surface area contributed by atoms with E-state index in [2.05, 4.69) is 49.2 Å². The van der Waals surface area contributed by atoms with Crippen LogP contribution in [0.1, 0.15) is 23.5 Å². The van der Waals surface area contributed by atoms with Crippen molar-refractivity contribution in [3.63, 3.8) is 0 Å². The van der Waals surface area contributed by atoms with Crippen molar-refractivity contribution >= 4 is 33.1 Å². The SMILES string of the molecule is C[C@H](c1nc2ccccc2s1)[NH+](C)CC(=O)N(C)Cc1ccc(N(C)C)cc1. The van der Waals surface area contributed by atoms with Crippen LogP contribution in [0, 0.1) is 0 Å². The lowest BCUT2D eigenvalue weighted by Crippen LogP contribution is -3.10. The average molecular weight is 398 g/mol. The Morgan fingerprint density at radius 2 is 1.79 bits per heavy atom. The number of nitrogens with one attached hydrogen (secondary N) is 1. The number of carbonyl (C=O) groups is 1. The van der Waals surface area contributed by atoms with Gasteiger partial charge in [0.15, 0.2) is 11.6 Å². The zero-order valence-electron chi connectivity index (χ0n) is 17.3. The molecule has 1 aromatic heterocycles. The Labute approximate surface area is 171 Å². The van der Waals surface area contributed by atoms with Crippen LogP contribution in [0.3, 0.4) is 0 Å². The summed E-state index contributed by atoms with van der Waals surface area (Å²) in [7, 11) is 7.98. The molecule has 0 saturated carbocycles. The maximum atomic E-state index is 12.7. The molecule has 0 aliphatic rings. The number of amides is 1. The highest BCUT2D eigenvalue weighted by atomic mass is 32.1. The summed E-state index contributed by atoms with van der Waals surface area (Å²) in [6.45, 7) is 3.21. The third-order valence-corrected chi connectivity index (χ3v) is 6.37. The first-order valence-corrected chi connectivity index (χ1v) is 10.3. The Hall–Kier alpha value is -2.44. The van der Waals surface area contributed by atoms with Gasteiger partial charge in [-0.05, 0) is 36.8 Å². The minimum atomic E-state index is 0.141. The quantitative estimate of drug-likeness (QED) is 0.666. The van der Waals surface area contributed by atoms with Crippen molar-refractivity contribution in [1.29, 1.82) is 0 Å². The van der Waals surface area contributed by atoms with E-state index in [4.69, 9.17) is 4.98 Å². The third-order valence-electron chi connectivity index (χ3n) is 5.15. The molecule has 148 valence electrons. The van der Waals surface area contributed by atoms with Crippen molar-refractivity contribution in [2.24, 2.45) is 0 Å². The molecule has 1 heterocycles. The number of thiazole rings is 1. The highest BCUT2D eigenvalue weighted by Gasteiger charge is 2.23. The Morgan fingerprint density at radius 1 is 1.11 bits per heavy atom. The van der Waals surface area contributed by atoms with Crippen LogP contribution < -0.4 is 9.80 Å². The van der Waals surface area contributed by atoms with Crippen LogP contribution in [0.4, 0.5) is 5.69 Å². The molecule has 0 bridgehead atoms. The number of rotatable bonds is 7. The maximum Gasteiger partial charge on any atom is 0.277 e. The van der Waals surface area contributed by atoms with E-state index in [0.29, 0.717) is 13.1 Å². The zero-order valence-corrected chi connectivity index (χ0v) is 18.1. The number of hydrogen-bond acceptors (Lipinski definition) is 4. The van der Waals surface area contributed by atoms with Gasteiger partial charge in [-0.1, -0.05) is 24.3 Å². The van der Waals surface area contributed by atoms with Gasteiger partial charge in [-0.15, -0.1) is 11.3 Å². The number of para-hydroxylation sites is 1. The second-order valence-corrected chi connectivity index (χ2v) is 8.64. The number of quaternary nitrogens is 1. The first-order chi connectivity index (χ1) is 13.3. The van der Waals surface area contributed by atoms with Gasteiger partial charge in [0.25, 0.3) is 5.91 Å². The molecule has 2 atom stereocenters. The summed E-state index contributed by atoms with van der Waals surface area (Å²) < 4.78 is 1.20. The molecular formula is C22H29N4OS+. The van der Waals surface area contributed by atoms with Crippen LogP contribution in [0.2, 0.25) is 0 Å². The first-order valence-electron chi connectivity index (χ1n) is 9.53. The summed E-state index contributed by atoms with van der Waals surface area (Å²) in [6.07, 6.45) is 0. The van der Waals surface area contributed by atoms with E-state index in [1.54, 1.807) is 16.2 Å². The number of fused-ring (bicyclic) bond motifs is 1. The number of aromatic nitrogens is 1. The summed E-state index contributed by atoms with van der Waals surface area (Å²) in [5.74, 6) is 0.141. The third kappa shape index (κ3) is 4.69. The van der Waals surface area contributed by atoms with Crippen molar-refractivity contribution in [3.05, 3.63) is 59.1 Å². The molecule has 0 spiro atoms. The van der Waals surface area contributed by atoms with E-state index in [-0.39, 0.29) is 11.9 Å². The Balaban J connectivity index is 1.59. The Kier molecular flexibility index (Phi) is 6.31. The number of nitrogens with zero attached hydrogens (tertiary/aromatic N) is 3. The lowest BCUT2D eigenvalue weighted by molar-refractivity contribution is -0.902. The normalized spacial score (nSPS) is 13.3. The fourth-order valence-corrected chi connectivity index (χ4v) is 4.19. The molecule has 1 unspecified atom stereocenters. The molecular weight excluding hydrogens is 368 g/mol. The number of hydrogen-bond donors (Lipinski definition) is 1. The molecule has 3 rings (SSSR count). The molecule has 1 amide bonds. The molecule has 0 aliphatic carbocycles. The van der Waals surface area contributed by atoms with Crippen molar-refractivity contribution < 1.29 is 9.69 Å². The maximum absolute atomic E-state index is 12.7. The Bertz CT molecular complexity index is 902. The van der Waals surface area contributed by atoms with Gasteiger partial charge in [-0.25, -0.2) is 4.98 Å². The van der Waals surface area contributed by atoms with Gasteiger partial charge in [-0.3, -0.25) is 4.79 Å². The number of likely N-dealkylation sites (N-methyl/N-ethyl adjacent to an activating group) is 2. The van der Waals surface area contributed by atoms with Crippen molar-refractivity contribution in [1.82, 2.24) is 9.88 Å². The van der Waals surface area contributed by atoms with Gasteiger partial charge in [0.2, 0.25) is 0 Å². The minimum Gasteiger partial charge on any atom is -0.378 e. The van der Waals surface area contributed by atoms with Crippen LogP contribution in [0.25, 0.3) is 10.2 Å². The summed E-state index contributed by atoms with van der Waals surface area (Å²) in [6, 6.07) is 16.7. The molecule has 0 radical (unpaired) electrons. The van der Waals surface area contributed by atoms with Crippen molar-refractivity contribution in [3.8, 4) is 0 Å². The van der Waals surface area contributed by atoms with Crippen LogP contribution in [-0.2, 0) is 11.3 Å². The smallest absolute Gasteiger partial charge is 0.277 e. The van der Waals surface area contributed by atoms with E-state index in [0.717, 1.165) is 26.7 Å². The summed E-state index contributed by atoms with van der Waals surface area (Å²) >= 11 is 1.71. The lowest BCUT2D eigenvalue weighted by atomic mass is 10.2. The van der Waals surface area contributed by atoms with Gasteiger partial charge >= 0.3 is 0 Å². The molecule has 3 aromatic rings. The highest BCUT2D eigenvalue weighted by Crippen LogP contribution is 2.24. The van der Waals surface area contributed by atoms with Gasteiger partial charge in [0.05, 0.1) is 17.3 Å². The Morgan fingerprint density at radius 3 is 2.43 bits per heavy atom. The molecule has 2 aromatic carbocycles. The van der Waals surface area contributed by atoms with E-state index in [9.17, 15) is 4.79 Å². The largest absolute Gasteiger partial charge is 0.378 e. The van der Waals surface area contributed by atoms with E-state index in [1.807, 2.05) is 39.3 Å². The number of benzene rings is 2.